The number of anilines is 1. The largest absolute Gasteiger partial charge is 0.497 e. The first-order valence-electron chi connectivity index (χ1n) is 13.8. The molecule has 8 nitrogen and oxygen atoms in total. The van der Waals surface area contributed by atoms with E-state index in [0.29, 0.717) is 23.5 Å². The number of ether oxygens (including phenoxy) is 3. The molecule has 4 aromatic rings. The van der Waals surface area contributed by atoms with Crippen LogP contribution < -0.4 is 20.6 Å². The fourth-order valence-electron chi connectivity index (χ4n) is 6.56. The first-order valence-corrected chi connectivity index (χ1v) is 14.1. The lowest BCUT2D eigenvalue weighted by molar-refractivity contribution is -0.161. The lowest BCUT2D eigenvalue weighted by Crippen LogP contribution is -2.36. The predicted molar refractivity (Wildman–Crippen MR) is 154 cm³/mol. The van der Waals surface area contributed by atoms with Gasteiger partial charge in [0.2, 0.25) is 0 Å². The number of halogens is 1. The minimum Gasteiger partial charge on any atom is -0.497 e. The number of benzene rings is 1. The van der Waals surface area contributed by atoms with Crippen molar-refractivity contribution in [2.24, 2.45) is 11.8 Å². The molecule has 5 atom stereocenters. The molecule has 7 rings (SSSR count). The van der Waals surface area contributed by atoms with E-state index in [-0.39, 0.29) is 18.2 Å². The van der Waals surface area contributed by atoms with Crippen molar-refractivity contribution >= 4 is 40.6 Å². The average molecular weight is 558 g/mol. The van der Waals surface area contributed by atoms with E-state index in [0.717, 1.165) is 46.0 Å². The Hall–Kier alpha value is -3.46. The van der Waals surface area contributed by atoms with Gasteiger partial charge in [0.15, 0.2) is 5.79 Å². The van der Waals surface area contributed by atoms with Crippen LogP contribution in [0, 0.1) is 11.8 Å². The monoisotopic (exact) mass is 557 g/mol. The van der Waals surface area contributed by atoms with Crippen molar-refractivity contribution in [1.82, 2.24) is 19.5 Å². The second kappa shape index (κ2) is 9.87. The molecule has 1 aromatic carbocycles. The third-order valence-corrected chi connectivity index (χ3v) is 8.71. The van der Waals surface area contributed by atoms with Gasteiger partial charge < -0.3 is 24.1 Å². The Morgan fingerprint density at radius 3 is 2.73 bits per heavy atom. The van der Waals surface area contributed by atoms with Gasteiger partial charge in [-0.3, -0.25) is 0 Å². The number of methoxy groups -OCH3 is 1. The van der Waals surface area contributed by atoms with Crippen molar-refractivity contribution in [3.05, 3.63) is 76.3 Å². The molecule has 1 aliphatic heterocycles. The average Bonchev–Trinajstić information content (AvgIpc) is 3.63. The summed E-state index contributed by atoms with van der Waals surface area (Å²) in [6, 6.07) is 14.4. The van der Waals surface area contributed by atoms with E-state index in [1.54, 1.807) is 7.11 Å². The number of nitrogens with one attached hydrogen (secondary N) is 1. The zero-order valence-electron chi connectivity index (χ0n) is 22.8. The molecular weight excluding hydrogens is 526 g/mol. The SMILES string of the molecule is COc1ccc(CNc2ccc3c(n2)=CCC(C2C[C@@H](n4ccc5c(Cl)ncnc54)[C@@H]4OC(C)(C)O[C@H]24)C=3)cc1. The van der Waals surface area contributed by atoms with Gasteiger partial charge in [-0.1, -0.05) is 35.9 Å². The summed E-state index contributed by atoms with van der Waals surface area (Å²) in [6.45, 7) is 4.71. The normalized spacial score (nSPS) is 26.6. The Balaban J connectivity index is 1.13. The van der Waals surface area contributed by atoms with E-state index in [2.05, 4.69) is 62.5 Å². The van der Waals surface area contributed by atoms with E-state index >= 15 is 0 Å². The number of nitrogens with zero attached hydrogens (tertiary/aromatic N) is 4. The van der Waals surface area contributed by atoms with Gasteiger partial charge in [0.05, 0.1) is 30.0 Å². The van der Waals surface area contributed by atoms with Crippen LogP contribution in [0.15, 0.2) is 55.0 Å². The molecule has 0 spiro atoms. The van der Waals surface area contributed by atoms with Gasteiger partial charge in [0, 0.05) is 12.7 Å². The van der Waals surface area contributed by atoms with Crippen LogP contribution in [-0.4, -0.2) is 44.6 Å². The quantitative estimate of drug-likeness (QED) is 0.350. The molecule has 0 radical (unpaired) electrons. The van der Waals surface area contributed by atoms with Crippen molar-refractivity contribution in [3.63, 3.8) is 0 Å². The fourth-order valence-corrected chi connectivity index (χ4v) is 6.75. The van der Waals surface area contributed by atoms with Crippen LogP contribution in [0.3, 0.4) is 0 Å². The Labute approximate surface area is 237 Å². The topological polar surface area (TPSA) is 83.3 Å². The van der Waals surface area contributed by atoms with Crippen LogP contribution >= 0.6 is 11.6 Å². The maximum Gasteiger partial charge on any atom is 0.163 e. The molecule has 0 bridgehead atoms. The third-order valence-electron chi connectivity index (χ3n) is 8.41. The smallest absolute Gasteiger partial charge is 0.163 e. The highest BCUT2D eigenvalue weighted by Gasteiger charge is 2.56. The summed E-state index contributed by atoms with van der Waals surface area (Å²) in [6.07, 6.45) is 9.98. The number of aromatic nitrogens is 4. The Kier molecular flexibility index (Phi) is 6.29. The molecular formula is C31H32ClN5O3. The summed E-state index contributed by atoms with van der Waals surface area (Å²) < 4.78 is 20.5. The Bertz CT molecular complexity index is 1690. The highest BCUT2D eigenvalue weighted by Crippen LogP contribution is 2.51. The van der Waals surface area contributed by atoms with Gasteiger partial charge in [-0.15, -0.1) is 0 Å². The predicted octanol–water partition coefficient (Wildman–Crippen LogP) is 4.46. The fraction of sp³-hybridized carbons (Fsp3) is 0.387. The van der Waals surface area contributed by atoms with E-state index in [4.69, 9.17) is 30.8 Å². The molecule has 1 N–H and O–H groups in total. The second-order valence-corrected chi connectivity index (χ2v) is 11.7. The number of hydrogen-bond acceptors (Lipinski definition) is 7. The minimum atomic E-state index is -0.635. The lowest BCUT2D eigenvalue weighted by Gasteiger charge is -2.28. The molecule has 40 heavy (non-hydrogen) atoms. The van der Waals surface area contributed by atoms with Crippen LogP contribution in [0.1, 0.15) is 38.3 Å². The first kappa shape index (κ1) is 25.5. The van der Waals surface area contributed by atoms with Gasteiger partial charge in [-0.25, -0.2) is 15.0 Å². The number of hydrogen-bond donors (Lipinski definition) is 1. The number of rotatable bonds is 6. The van der Waals surface area contributed by atoms with E-state index in [1.807, 2.05) is 32.0 Å². The summed E-state index contributed by atoms with van der Waals surface area (Å²) in [5.74, 6) is 1.71. The zero-order valence-corrected chi connectivity index (χ0v) is 23.5. The Morgan fingerprint density at radius 2 is 1.90 bits per heavy atom. The molecule has 3 aliphatic rings. The minimum absolute atomic E-state index is 0.00986. The van der Waals surface area contributed by atoms with E-state index in [1.165, 1.54) is 11.9 Å². The maximum absolute atomic E-state index is 6.54. The van der Waals surface area contributed by atoms with Crippen molar-refractivity contribution < 1.29 is 14.2 Å². The van der Waals surface area contributed by atoms with Gasteiger partial charge in [0.25, 0.3) is 0 Å². The zero-order chi connectivity index (χ0) is 27.4. The standard InChI is InChI=1S/C31H32ClN5O3/c1-31(2)39-27-23(15-25(28(27)40-31)37-13-12-22-29(32)34-17-35-30(22)37)19-6-10-24-20(14-19)7-11-26(36-24)33-16-18-4-8-21(38-3)9-5-18/h4-5,7-14,17,19,23,25,27-28H,6,15-16H2,1-3H3,(H,33,36)/t19?,23?,25-,27-,28+/m1/s1. The molecule has 2 unspecified atom stereocenters. The molecule has 2 fully saturated rings. The summed E-state index contributed by atoms with van der Waals surface area (Å²) >= 11 is 6.36. The van der Waals surface area contributed by atoms with Crippen LogP contribution in [-0.2, 0) is 16.0 Å². The van der Waals surface area contributed by atoms with Crippen molar-refractivity contribution in [2.75, 3.05) is 12.4 Å². The second-order valence-electron chi connectivity index (χ2n) is 11.3. The summed E-state index contributed by atoms with van der Waals surface area (Å²) in [5, 5.41) is 6.96. The van der Waals surface area contributed by atoms with Crippen molar-refractivity contribution in [3.8, 4) is 5.75 Å². The maximum atomic E-state index is 6.54. The molecule has 4 heterocycles. The highest BCUT2D eigenvalue weighted by molar-refractivity contribution is 6.33. The van der Waals surface area contributed by atoms with Gasteiger partial charge >= 0.3 is 0 Å². The molecule has 9 heteroatoms. The summed E-state index contributed by atoms with van der Waals surface area (Å²) in [4.78, 5) is 13.6. The summed E-state index contributed by atoms with van der Waals surface area (Å²) in [7, 11) is 1.68. The van der Waals surface area contributed by atoms with Crippen LogP contribution in [0.5, 0.6) is 5.75 Å². The van der Waals surface area contributed by atoms with Crippen LogP contribution in [0.25, 0.3) is 23.2 Å². The van der Waals surface area contributed by atoms with Crippen molar-refractivity contribution in [2.45, 2.75) is 57.3 Å². The molecule has 3 aromatic heterocycles. The molecule has 0 amide bonds. The van der Waals surface area contributed by atoms with Gasteiger partial charge in [0.1, 0.15) is 34.8 Å². The van der Waals surface area contributed by atoms with Crippen LogP contribution in [0.4, 0.5) is 5.82 Å². The molecule has 2 aliphatic carbocycles. The van der Waals surface area contributed by atoms with Crippen molar-refractivity contribution in [1.29, 1.82) is 0 Å². The van der Waals surface area contributed by atoms with Gasteiger partial charge in [-0.2, -0.15) is 0 Å². The Morgan fingerprint density at radius 1 is 1.07 bits per heavy atom. The first-order chi connectivity index (χ1) is 19.4. The van der Waals surface area contributed by atoms with Gasteiger partial charge in [-0.05, 0) is 79.6 Å². The summed E-state index contributed by atoms with van der Waals surface area (Å²) in [5.41, 5.74) is 2.01. The highest BCUT2D eigenvalue weighted by atomic mass is 35.5. The molecule has 1 saturated carbocycles. The van der Waals surface area contributed by atoms with Crippen LogP contribution in [0.2, 0.25) is 5.15 Å². The molecule has 206 valence electrons. The third kappa shape index (κ3) is 4.54. The van der Waals surface area contributed by atoms with E-state index in [9.17, 15) is 0 Å². The number of pyridine rings is 1. The lowest BCUT2D eigenvalue weighted by atomic mass is 9.83. The van der Waals surface area contributed by atoms with E-state index < -0.39 is 5.79 Å². The number of fused-ring (bicyclic) bond motifs is 3. The molecule has 1 saturated heterocycles.